The first-order valence-corrected chi connectivity index (χ1v) is 8.39. The molecule has 5 heteroatoms. The second-order valence-corrected chi connectivity index (χ2v) is 6.96. The van der Waals surface area contributed by atoms with Crippen LogP contribution in [0.3, 0.4) is 0 Å². The molecule has 0 radical (unpaired) electrons. The van der Waals surface area contributed by atoms with Crippen molar-refractivity contribution >= 4 is 11.9 Å². The van der Waals surface area contributed by atoms with Gasteiger partial charge >= 0.3 is 5.97 Å². The molecule has 0 aromatic heterocycles. The van der Waals surface area contributed by atoms with Gasteiger partial charge in [-0.1, -0.05) is 42.5 Å². The van der Waals surface area contributed by atoms with Crippen LogP contribution >= 0.6 is 0 Å². The van der Waals surface area contributed by atoms with Crippen molar-refractivity contribution in [2.75, 3.05) is 13.2 Å². The van der Waals surface area contributed by atoms with Gasteiger partial charge in [0.25, 0.3) is 0 Å². The largest absolute Gasteiger partial charge is 0.466 e. The number of hydrogen-bond donors (Lipinski definition) is 0. The number of carbonyl (C=O) groups is 2. The SMILES string of the molecule is CCOC(=O)[C@@H]1[C@H]2C(=O)N(Cc3ccccc3)C[C@@]23C=C[C@]1(C)O3. The van der Waals surface area contributed by atoms with E-state index in [1.807, 2.05) is 49.4 Å². The van der Waals surface area contributed by atoms with Crippen LogP contribution < -0.4 is 0 Å². The van der Waals surface area contributed by atoms with Gasteiger partial charge < -0.3 is 14.4 Å². The summed E-state index contributed by atoms with van der Waals surface area (Å²) in [4.78, 5) is 27.3. The zero-order chi connectivity index (χ0) is 16.9. The Balaban J connectivity index is 1.63. The first-order valence-electron chi connectivity index (χ1n) is 8.39. The van der Waals surface area contributed by atoms with Gasteiger partial charge in [-0.2, -0.15) is 0 Å². The second-order valence-electron chi connectivity index (χ2n) is 6.96. The lowest BCUT2D eigenvalue weighted by Gasteiger charge is -2.28. The van der Waals surface area contributed by atoms with E-state index in [9.17, 15) is 9.59 Å². The monoisotopic (exact) mass is 327 g/mol. The van der Waals surface area contributed by atoms with Crippen molar-refractivity contribution in [3.63, 3.8) is 0 Å². The molecule has 0 N–H and O–H groups in total. The summed E-state index contributed by atoms with van der Waals surface area (Å²) >= 11 is 0. The third kappa shape index (κ3) is 2.04. The van der Waals surface area contributed by atoms with E-state index >= 15 is 0 Å². The molecule has 4 atom stereocenters. The summed E-state index contributed by atoms with van der Waals surface area (Å²) in [6, 6.07) is 9.86. The molecule has 3 heterocycles. The summed E-state index contributed by atoms with van der Waals surface area (Å²) in [5, 5.41) is 0. The van der Waals surface area contributed by atoms with Crippen molar-refractivity contribution < 1.29 is 19.1 Å². The van der Waals surface area contributed by atoms with Crippen LogP contribution in [0.1, 0.15) is 19.4 Å². The Morgan fingerprint density at radius 1 is 1.33 bits per heavy atom. The van der Waals surface area contributed by atoms with Gasteiger partial charge in [-0.25, -0.2) is 0 Å². The van der Waals surface area contributed by atoms with Crippen molar-refractivity contribution in [3.05, 3.63) is 48.0 Å². The fourth-order valence-corrected chi connectivity index (χ4v) is 4.38. The van der Waals surface area contributed by atoms with Gasteiger partial charge in [0.2, 0.25) is 5.91 Å². The quantitative estimate of drug-likeness (QED) is 0.626. The molecule has 24 heavy (non-hydrogen) atoms. The number of likely N-dealkylation sites (tertiary alicyclic amines) is 1. The fraction of sp³-hybridized carbons (Fsp3) is 0.474. The number of esters is 1. The number of rotatable bonds is 4. The highest BCUT2D eigenvalue weighted by Crippen LogP contribution is 2.57. The standard InChI is InChI=1S/C19H21NO4/c1-3-23-17(22)15-14-16(21)20(11-13-7-5-4-6-8-13)12-19(14)10-9-18(15,2)24-19/h4-10,14-15H,3,11-12H2,1-2H3/t14-,15-,18-,19-/m0/s1. The summed E-state index contributed by atoms with van der Waals surface area (Å²) in [5.74, 6) is -1.43. The number of benzene rings is 1. The molecular weight excluding hydrogens is 306 g/mol. The molecule has 2 bridgehead atoms. The summed E-state index contributed by atoms with van der Waals surface area (Å²) in [7, 11) is 0. The predicted molar refractivity (Wildman–Crippen MR) is 86.8 cm³/mol. The smallest absolute Gasteiger partial charge is 0.313 e. The molecule has 1 spiro atoms. The van der Waals surface area contributed by atoms with Crippen LogP contribution in [0.25, 0.3) is 0 Å². The molecule has 126 valence electrons. The van der Waals surface area contributed by atoms with Crippen molar-refractivity contribution in [3.8, 4) is 0 Å². The predicted octanol–water partition coefficient (Wildman–Crippen LogP) is 1.92. The van der Waals surface area contributed by atoms with Gasteiger partial charge in [0.15, 0.2) is 0 Å². The van der Waals surface area contributed by atoms with Gasteiger partial charge in [-0.3, -0.25) is 9.59 Å². The van der Waals surface area contributed by atoms with Crippen LogP contribution in [-0.2, 0) is 25.6 Å². The van der Waals surface area contributed by atoms with Crippen LogP contribution in [0.2, 0.25) is 0 Å². The maximum absolute atomic E-state index is 13.0. The van der Waals surface area contributed by atoms with Gasteiger partial charge in [0.1, 0.15) is 11.5 Å². The lowest BCUT2D eigenvalue weighted by molar-refractivity contribution is -0.156. The number of ether oxygens (including phenoxy) is 2. The Kier molecular flexibility index (Phi) is 3.32. The highest BCUT2D eigenvalue weighted by atomic mass is 16.6. The Morgan fingerprint density at radius 3 is 2.79 bits per heavy atom. The molecule has 2 fully saturated rings. The normalized spacial score (nSPS) is 36.2. The minimum atomic E-state index is -0.745. The third-order valence-electron chi connectivity index (χ3n) is 5.36. The zero-order valence-corrected chi connectivity index (χ0v) is 13.9. The average Bonchev–Trinajstić information content (AvgIpc) is 3.11. The van der Waals surface area contributed by atoms with Crippen molar-refractivity contribution in [2.45, 2.75) is 31.6 Å². The summed E-state index contributed by atoms with van der Waals surface area (Å²) in [6.07, 6.45) is 3.89. The Labute approximate surface area is 141 Å². The van der Waals surface area contributed by atoms with Crippen LogP contribution in [-0.4, -0.2) is 41.1 Å². The molecule has 3 aliphatic heterocycles. The van der Waals surface area contributed by atoms with Crippen molar-refractivity contribution in [1.82, 2.24) is 4.90 Å². The summed E-state index contributed by atoms with van der Waals surface area (Å²) in [6.45, 7) is 4.95. The maximum Gasteiger partial charge on any atom is 0.313 e. The first-order chi connectivity index (χ1) is 11.5. The van der Waals surface area contributed by atoms with Gasteiger partial charge in [-0.05, 0) is 19.4 Å². The molecule has 0 unspecified atom stereocenters. The molecular formula is C19H21NO4. The molecule has 1 amide bonds. The van der Waals surface area contributed by atoms with Crippen molar-refractivity contribution in [1.29, 1.82) is 0 Å². The molecule has 1 aromatic rings. The molecule has 0 aliphatic carbocycles. The molecule has 5 nitrogen and oxygen atoms in total. The minimum absolute atomic E-state index is 0.0232. The van der Waals surface area contributed by atoms with Crippen LogP contribution in [0.15, 0.2) is 42.5 Å². The van der Waals surface area contributed by atoms with Crippen LogP contribution in [0.5, 0.6) is 0 Å². The van der Waals surface area contributed by atoms with E-state index in [-0.39, 0.29) is 11.9 Å². The Hall–Kier alpha value is -2.14. The third-order valence-corrected chi connectivity index (χ3v) is 5.36. The van der Waals surface area contributed by atoms with Crippen molar-refractivity contribution in [2.24, 2.45) is 11.8 Å². The van der Waals surface area contributed by atoms with E-state index in [1.165, 1.54) is 0 Å². The average molecular weight is 327 g/mol. The topological polar surface area (TPSA) is 55.8 Å². The summed E-state index contributed by atoms with van der Waals surface area (Å²) < 4.78 is 11.4. The van der Waals surface area contributed by atoms with Gasteiger partial charge in [0, 0.05) is 6.54 Å². The number of carbonyl (C=O) groups excluding carboxylic acids is 2. The van der Waals surface area contributed by atoms with E-state index < -0.39 is 23.0 Å². The van der Waals surface area contributed by atoms with E-state index in [1.54, 1.807) is 11.8 Å². The number of amides is 1. The molecule has 0 saturated carbocycles. The number of nitrogens with zero attached hydrogens (tertiary/aromatic N) is 1. The van der Waals surface area contributed by atoms with E-state index in [0.717, 1.165) is 5.56 Å². The maximum atomic E-state index is 13.0. The minimum Gasteiger partial charge on any atom is -0.466 e. The lowest BCUT2D eigenvalue weighted by atomic mass is 9.72. The molecule has 4 rings (SSSR count). The Morgan fingerprint density at radius 2 is 2.08 bits per heavy atom. The molecule has 2 saturated heterocycles. The van der Waals surface area contributed by atoms with Crippen LogP contribution in [0, 0.1) is 11.8 Å². The van der Waals surface area contributed by atoms with E-state index in [0.29, 0.717) is 19.7 Å². The van der Waals surface area contributed by atoms with E-state index in [4.69, 9.17) is 9.47 Å². The molecule has 3 aliphatic rings. The lowest BCUT2D eigenvalue weighted by Crippen LogP contribution is -2.43. The number of fused-ring (bicyclic) bond motifs is 1. The number of hydrogen-bond acceptors (Lipinski definition) is 4. The zero-order valence-electron chi connectivity index (χ0n) is 13.9. The first kappa shape index (κ1) is 15.4. The van der Waals surface area contributed by atoms with Gasteiger partial charge in [0.05, 0.1) is 24.7 Å². The van der Waals surface area contributed by atoms with E-state index in [2.05, 4.69) is 0 Å². The highest BCUT2D eigenvalue weighted by Gasteiger charge is 2.71. The summed E-state index contributed by atoms with van der Waals surface area (Å²) in [5.41, 5.74) is -0.372. The fourth-order valence-electron chi connectivity index (χ4n) is 4.38. The van der Waals surface area contributed by atoms with Crippen LogP contribution in [0.4, 0.5) is 0 Å². The second kappa shape index (κ2) is 5.18. The molecule has 1 aromatic carbocycles. The highest BCUT2D eigenvalue weighted by molar-refractivity contribution is 5.91. The van der Waals surface area contributed by atoms with Gasteiger partial charge in [-0.15, -0.1) is 0 Å². The Bertz CT molecular complexity index is 715.